The minimum Gasteiger partial charge on any atom is -0.321 e. The molecule has 0 bridgehead atoms. The summed E-state index contributed by atoms with van der Waals surface area (Å²) in [6.45, 7) is 1.73. The first kappa shape index (κ1) is 9.62. The van der Waals surface area contributed by atoms with Crippen LogP contribution in [0.4, 0.5) is 4.39 Å². The molecule has 0 aliphatic carbocycles. The molecule has 76 valence electrons. The monoisotopic (exact) mass is 194 g/mol. The van der Waals surface area contributed by atoms with Gasteiger partial charge in [-0.05, 0) is 32.0 Å². The van der Waals surface area contributed by atoms with Crippen molar-refractivity contribution in [1.82, 2.24) is 5.32 Å². The highest BCUT2D eigenvalue weighted by molar-refractivity contribution is 5.26. The Morgan fingerprint density at radius 3 is 2.50 bits per heavy atom. The fourth-order valence-corrected chi connectivity index (χ4v) is 2.01. The van der Waals surface area contributed by atoms with E-state index in [9.17, 15) is 4.39 Å². The molecular formula is C11H15FN2. The number of hydrogen-bond acceptors (Lipinski definition) is 2. The number of rotatable bonds is 1. The summed E-state index contributed by atoms with van der Waals surface area (Å²) >= 11 is 0. The molecule has 1 aliphatic rings. The van der Waals surface area contributed by atoms with E-state index >= 15 is 0 Å². The summed E-state index contributed by atoms with van der Waals surface area (Å²) in [4.78, 5) is 0. The van der Waals surface area contributed by atoms with Crippen LogP contribution in [0.15, 0.2) is 24.3 Å². The molecule has 0 saturated carbocycles. The lowest BCUT2D eigenvalue weighted by molar-refractivity contribution is 0.307. The molecule has 2 nitrogen and oxygen atoms in total. The lowest BCUT2D eigenvalue weighted by Gasteiger charge is -2.34. The van der Waals surface area contributed by atoms with E-state index in [4.69, 9.17) is 5.73 Å². The Bertz CT molecular complexity index is 319. The molecule has 0 radical (unpaired) electrons. The first-order valence-corrected chi connectivity index (χ1v) is 4.97. The number of nitrogens with two attached hydrogens (primary N) is 1. The van der Waals surface area contributed by atoms with Gasteiger partial charge >= 0.3 is 0 Å². The Balaban J connectivity index is 2.32. The molecular weight excluding hydrogens is 179 g/mol. The summed E-state index contributed by atoms with van der Waals surface area (Å²) in [6.07, 6.45) is 1.60. The van der Waals surface area contributed by atoms with Crippen LogP contribution in [0.2, 0.25) is 0 Å². The highest BCUT2D eigenvalue weighted by Crippen LogP contribution is 2.29. The van der Waals surface area contributed by atoms with Crippen LogP contribution in [0.3, 0.4) is 0 Å². The van der Waals surface area contributed by atoms with Gasteiger partial charge in [-0.3, -0.25) is 0 Å². The van der Waals surface area contributed by atoms with Crippen LogP contribution in [0, 0.1) is 5.82 Å². The molecule has 1 aromatic rings. The Morgan fingerprint density at radius 1 is 1.21 bits per heavy atom. The maximum absolute atomic E-state index is 13.5. The molecule has 0 unspecified atom stereocenters. The average molecular weight is 194 g/mol. The van der Waals surface area contributed by atoms with Crippen molar-refractivity contribution in [3.8, 4) is 0 Å². The van der Waals surface area contributed by atoms with Gasteiger partial charge in [0.05, 0.1) is 0 Å². The summed E-state index contributed by atoms with van der Waals surface area (Å²) in [5.74, 6) is -0.183. The van der Waals surface area contributed by atoms with Gasteiger partial charge in [-0.15, -0.1) is 0 Å². The molecule has 1 aliphatic heterocycles. The quantitative estimate of drug-likeness (QED) is 0.708. The van der Waals surface area contributed by atoms with E-state index in [1.165, 1.54) is 6.07 Å². The van der Waals surface area contributed by atoms with Gasteiger partial charge in [0.25, 0.3) is 0 Å². The normalized spacial score (nSPS) is 20.7. The molecule has 0 atom stereocenters. The zero-order valence-electron chi connectivity index (χ0n) is 8.09. The van der Waals surface area contributed by atoms with Crippen molar-refractivity contribution in [2.45, 2.75) is 18.4 Å². The van der Waals surface area contributed by atoms with Gasteiger partial charge in [0.15, 0.2) is 0 Å². The third-order valence-corrected chi connectivity index (χ3v) is 2.91. The van der Waals surface area contributed by atoms with Crippen molar-refractivity contribution >= 4 is 0 Å². The maximum atomic E-state index is 13.5. The summed E-state index contributed by atoms with van der Waals surface area (Å²) in [5, 5.41) is 3.23. The van der Waals surface area contributed by atoms with Gasteiger partial charge < -0.3 is 11.1 Å². The second kappa shape index (κ2) is 3.67. The average Bonchev–Trinajstić information content (AvgIpc) is 2.19. The van der Waals surface area contributed by atoms with Gasteiger partial charge in [0, 0.05) is 11.1 Å². The van der Waals surface area contributed by atoms with Crippen molar-refractivity contribution < 1.29 is 4.39 Å². The fraction of sp³-hybridized carbons (Fsp3) is 0.455. The molecule has 1 heterocycles. The third-order valence-electron chi connectivity index (χ3n) is 2.91. The lowest BCUT2D eigenvalue weighted by Crippen LogP contribution is -2.46. The zero-order chi connectivity index (χ0) is 10.0. The van der Waals surface area contributed by atoms with Crippen molar-refractivity contribution in [3.05, 3.63) is 35.6 Å². The van der Waals surface area contributed by atoms with E-state index in [-0.39, 0.29) is 5.82 Å². The zero-order valence-corrected chi connectivity index (χ0v) is 8.09. The van der Waals surface area contributed by atoms with E-state index in [2.05, 4.69) is 5.32 Å². The maximum Gasteiger partial charge on any atom is 0.128 e. The van der Waals surface area contributed by atoms with Crippen molar-refractivity contribution in [2.24, 2.45) is 5.73 Å². The van der Waals surface area contributed by atoms with Gasteiger partial charge in [0.2, 0.25) is 0 Å². The smallest absolute Gasteiger partial charge is 0.128 e. The van der Waals surface area contributed by atoms with Gasteiger partial charge in [-0.25, -0.2) is 4.39 Å². The summed E-state index contributed by atoms with van der Waals surface area (Å²) in [5.41, 5.74) is 6.38. The van der Waals surface area contributed by atoms with Crippen molar-refractivity contribution in [1.29, 1.82) is 0 Å². The fourth-order valence-electron chi connectivity index (χ4n) is 2.01. The van der Waals surface area contributed by atoms with E-state index in [0.29, 0.717) is 5.56 Å². The molecule has 2 rings (SSSR count). The first-order valence-electron chi connectivity index (χ1n) is 4.97. The second-order valence-corrected chi connectivity index (χ2v) is 3.89. The molecule has 0 amide bonds. The van der Waals surface area contributed by atoms with Crippen LogP contribution < -0.4 is 11.1 Å². The Labute approximate surface area is 83.3 Å². The van der Waals surface area contributed by atoms with Crippen molar-refractivity contribution in [2.75, 3.05) is 13.1 Å². The molecule has 3 N–H and O–H groups in total. The Kier molecular flexibility index (Phi) is 2.52. The molecule has 0 spiro atoms. The number of hydrogen-bond donors (Lipinski definition) is 2. The molecule has 1 saturated heterocycles. The van der Waals surface area contributed by atoms with Gasteiger partial charge in [-0.2, -0.15) is 0 Å². The SMILES string of the molecule is NC1(c2ccccc2F)CCNCC1. The summed E-state index contributed by atoms with van der Waals surface area (Å²) in [7, 11) is 0. The number of nitrogens with one attached hydrogen (secondary N) is 1. The molecule has 1 fully saturated rings. The van der Waals surface area contributed by atoms with E-state index in [1.807, 2.05) is 6.07 Å². The third kappa shape index (κ3) is 1.65. The minimum atomic E-state index is -0.476. The number of halogens is 1. The highest BCUT2D eigenvalue weighted by atomic mass is 19.1. The summed E-state index contributed by atoms with van der Waals surface area (Å²) < 4.78 is 13.5. The number of piperidine rings is 1. The van der Waals surface area contributed by atoms with E-state index < -0.39 is 5.54 Å². The molecule has 1 aromatic carbocycles. The van der Waals surface area contributed by atoms with Gasteiger partial charge in [-0.1, -0.05) is 18.2 Å². The largest absolute Gasteiger partial charge is 0.321 e. The Hall–Kier alpha value is -0.930. The van der Waals surface area contributed by atoms with E-state index in [0.717, 1.165) is 25.9 Å². The number of benzene rings is 1. The molecule has 0 aromatic heterocycles. The van der Waals surface area contributed by atoms with E-state index in [1.54, 1.807) is 12.1 Å². The molecule has 14 heavy (non-hydrogen) atoms. The topological polar surface area (TPSA) is 38.0 Å². The first-order chi connectivity index (χ1) is 6.72. The second-order valence-electron chi connectivity index (χ2n) is 3.89. The predicted molar refractivity (Wildman–Crippen MR) is 54.4 cm³/mol. The predicted octanol–water partition coefficient (Wildman–Crippen LogP) is 1.36. The standard InChI is InChI=1S/C11H15FN2/c12-10-4-2-1-3-9(10)11(13)5-7-14-8-6-11/h1-4,14H,5-8,13H2. The highest BCUT2D eigenvalue weighted by Gasteiger charge is 2.31. The Morgan fingerprint density at radius 2 is 1.86 bits per heavy atom. The van der Waals surface area contributed by atoms with Crippen LogP contribution in [-0.4, -0.2) is 13.1 Å². The minimum absolute atomic E-state index is 0.183. The summed E-state index contributed by atoms with van der Waals surface area (Å²) in [6, 6.07) is 6.81. The van der Waals surface area contributed by atoms with Crippen LogP contribution in [0.1, 0.15) is 18.4 Å². The van der Waals surface area contributed by atoms with Gasteiger partial charge in [0.1, 0.15) is 5.82 Å². The lowest BCUT2D eigenvalue weighted by atomic mass is 9.82. The van der Waals surface area contributed by atoms with Crippen LogP contribution in [0.5, 0.6) is 0 Å². The van der Waals surface area contributed by atoms with Crippen LogP contribution in [0.25, 0.3) is 0 Å². The molecule has 3 heteroatoms. The van der Waals surface area contributed by atoms with Crippen LogP contribution in [-0.2, 0) is 5.54 Å². The van der Waals surface area contributed by atoms with Crippen LogP contribution >= 0.6 is 0 Å². The van der Waals surface area contributed by atoms with Crippen molar-refractivity contribution in [3.63, 3.8) is 0 Å².